The van der Waals surface area contributed by atoms with Crippen LogP contribution in [0.15, 0.2) is 24.3 Å². The SMILES string of the molecule is NC[C@H]1CC[C@@H](C(=O)Nc2cccc(NC(=O)C3CCCCC3)c2)O1. The van der Waals surface area contributed by atoms with E-state index in [-0.39, 0.29) is 23.8 Å². The predicted molar refractivity (Wildman–Crippen MR) is 97.2 cm³/mol. The summed E-state index contributed by atoms with van der Waals surface area (Å²) in [6, 6.07) is 7.26. The molecule has 136 valence electrons. The number of ether oxygens (including phenoxy) is 1. The Bertz CT molecular complexity index is 614. The zero-order valence-electron chi connectivity index (χ0n) is 14.5. The van der Waals surface area contributed by atoms with E-state index in [1.165, 1.54) is 6.42 Å². The van der Waals surface area contributed by atoms with Gasteiger partial charge in [0.05, 0.1) is 6.10 Å². The lowest BCUT2D eigenvalue weighted by atomic mass is 9.88. The number of carbonyl (C=O) groups excluding carboxylic acids is 2. The van der Waals surface area contributed by atoms with Gasteiger partial charge in [-0.1, -0.05) is 25.3 Å². The van der Waals surface area contributed by atoms with Crippen LogP contribution in [0.3, 0.4) is 0 Å². The van der Waals surface area contributed by atoms with Gasteiger partial charge in [-0.15, -0.1) is 0 Å². The second kappa shape index (κ2) is 8.45. The third-order valence-corrected chi connectivity index (χ3v) is 5.04. The molecule has 3 rings (SSSR count). The summed E-state index contributed by atoms with van der Waals surface area (Å²) in [5.74, 6) is 0.0203. The molecule has 2 atom stereocenters. The Morgan fingerprint density at radius 1 is 1.00 bits per heavy atom. The molecule has 1 aliphatic carbocycles. The van der Waals surface area contributed by atoms with Gasteiger partial charge >= 0.3 is 0 Å². The lowest BCUT2D eigenvalue weighted by molar-refractivity contribution is -0.126. The molecule has 1 aliphatic heterocycles. The Kier molecular flexibility index (Phi) is 6.04. The number of rotatable bonds is 5. The van der Waals surface area contributed by atoms with Gasteiger partial charge in [0.1, 0.15) is 6.10 Å². The summed E-state index contributed by atoms with van der Waals surface area (Å²) >= 11 is 0. The number of amides is 2. The van der Waals surface area contributed by atoms with Crippen LogP contribution in [0.1, 0.15) is 44.9 Å². The highest BCUT2D eigenvalue weighted by Crippen LogP contribution is 2.26. The quantitative estimate of drug-likeness (QED) is 0.765. The molecular weight excluding hydrogens is 318 g/mol. The summed E-state index contributed by atoms with van der Waals surface area (Å²) in [6.07, 6.45) is 6.41. The number of benzene rings is 1. The first kappa shape index (κ1) is 17.9. The molecule has 25 heavy (non-hydrogen) atoms. The first-order valence-electron chi connectivity index (χ1n) is 9.23. The standard InChI is InChI=1S/C19H27N3O3/c20-12-16-9-10-17(25-16)19(24)22-15-8-4-7-14(11-15)21-18(23)13-5-2-1-3-6-13/h4,7-8,11,13,16-17H,1-3,5-6,9-10,12,20H2,(H,21,23)(H,22,24)/t16-,17+/m1/s1. The number of anilines is 2. The summed E-state index contributed by atoms with van der Waals surface area (Å²) in [7, 11) is 0. The second-order valence-electron chi connectivity index (χ2n) is 6.95. The molecule has 6 heteroatoms. The molecule has 2 aliphatic rings. The van der Waals surface area contributed by atoms with Gasteiger partial charge in [-0.3, -0.25) is 9.59 Å². The largest absolute Gasteiger partial charge is 0.364 e. The van der Waals surface area contributed by atoms with Gasteiger partial charge in [-0.25, -0.2) is 0 Å². The number of nitrogens with two attached hydrogens (primary N) is 1. The van der Waals surface area contributed by atoms with Crippen molar-refractivity contribution in [1.29, 1.82) is 0 Å². The van der Waals surface area contributed by atoms with Gasteiger partial charge in [0, 0.05) is 23.8 Å². The van der Waals surface area contributed by atoms with Crippen LogP contribution < -0.4 is 16.4 Å². The fourth-order valence-corrected chi connectivity index (χ4v) is 3.58. The van der Waals surface area contributed by atoms with Crippen molar-refractivity contribution in [3.63, 3.8) is 0 Å². The van der Waals surface area contributed by atoms with Gasteiger partial charge in [-0.05, 0) is 43.9 Å². The maximum absolute atomic E-state index is 12.3. The van der Waals surface area contributed by atoms with Crippen molar-refractivity contribution >= 4 is 23.2 Å². The van der Waals surface area contributed by atoms with Gasteiger partial charge in [0.15, 0.2) is 0 Å². The van der Waals surface area contributed by atoms with E-state index in [0.29, 0.717) is 24.3 Å². The summed E-state index contributed by atoms with van der Waals surface area (Å²) in [5, 5.41) is 5.84. The Morgan fingerprint density at radius 2 is 1.68 bits per heavy atom. The Labute approximate surface area is 148 Å². The molecule has 0 spiro atoms. The average molecular weight is 345 g/mol. The van der Waals surface area contributed by atoms with E-state index in [0.717, 1.165) is 32.1 Å². The topological polar surface area (TPSA) is 93.5 Å². The van der Waals surface area contributed by atoms with Crippen molar-refractivity contribution in [2.45, 2.75) is 57.2 Å². The van der Waals surface area contributed by atoms with Crippen LogP contribution in [0, 0.1) is 5.92 Å². The molecule has 2 fully saturated rings. The number of hydrogen-bond donors (Lipinski definition) is 3. The minimum atomic E-state index is -0.450. The average Bonchev–Trinajstić information content (AvgIpc) is 3.12. The van der Waals surface area contributed by atoms with E-state index in [1.54, 1.807) is 6.07 Å². The van der Waals surface area contributed by atoms with Crippen molar-refractivity contribution in [2.24, 2.45) is 11.7 Å². The van der Waals surface area contributed by atoms with Crippen LogP contribution >= 0.6 is 0 Å². The summed E-state index contributed by atoms with van der Waals surface area (Å²) in [4.78, 5) is 24.6. The van der Waals surface area contributed by atoms with Gasteiger partial charge < -0.3 is 21.1 Å². The van der Waals surface area contributed by atoms with Crippen LogP contribution in [0.2, 0.25) is 0 Å². The molecule has 0 bridgehead atoms. The fourth-order valence-electron chi connectivity index (χ4n) is 3.58. The highest BCUT2D eigenvalue weighted by molar-refractivity contribution is 5.96. The molecule has 6 nitrogen and oxygen atoms in total. The third kappa shape index (κ3) is 4.80. The van der Waals surface area contributed by atoms with Crippen LogP contribution in [0.25, 0.3) is 0 Å². The van der Waals surface area contributed by atoms with Crippen molar-refractivity contribution in [3.05, 3.63) is 24.3 Å². The van der Waals surface area contributed by atoms with E-state index >= 15 is 0 Å². The molecule has 1 saturated heterocycles. The second-order valence-corrected chi connectivity index (χ2v) is 6.95. The van der Waals surface area contributed by atoms with Crippen LogP contribution in [0.5, 0.6) is 0 Å². The van der Waals surface area contributed by atoms with E-state index in [4.69, 9.17) is 10.5 Å². The smallest absolute Gasteiger partial charge is 0.253 e. The van der Waals surface area contributed by atoms with Crippen molar-refractivity contribution < 1.29 is 14.3 Å². The lowest BCUT2D eigenvalue weighted by Gasteiger charge is -2.21. The Balaban J connectivity index is 1.56. The molecule has 4 N–H and O–H groups in total. The normalized spacial score (nSPS) is 24.0. The maximum atomic E-state index is 12.3. The summed E-state index contributed by atoms with van der Waals surface area (Å²) < 4.78 is 5.61. The molecule has 1 aromatic rings. The lowest BCUT2D eigenvalue weighted by Crippen LogP contribution is -2.29. The van der Waals surface area contributed by atoms with E-state index in [9.17, 15) is 9.59 Å². The van der Waals surface area contributed by atoms with Gasteiger partial charge in [-0.2, -0.15) is 0 Å². The Hall–Kier alpha value is -1.92. The first-order chi connectivity index (χ1) is 12.2. The van der Waals surface area contributed by atoms with E-state index in [2.05, 4.69) is 10.6 Å². The number of carbonyl (C=O) groups is 2. The monoisotopic (exact) mass is 345 g/mol. The highest BCUT2D eigenvalue weighted by atomic mass is 16.5. The maximum Gasteiger partial charge on any atom is 0.253 e. The van der Waals surface area contributed by atoms with Crippen LogP contribution in [-0.2, 0) is 14.3 Å². The molecule has 0 unspecified atom stereocenters. The van der Waals surface area contributed by atoms with E-state index in [1.807, 2.05) is 18.2 Å². The zero-order chi connectivity index (χ0) is 17.6. The molecule has 1 aromatic carbocycles. The van der Waals surface area contributed by atoms with Crippen molar-refractivity contribution in [2.75, 3.05) is 17.2 Å². The number of nitrogens with one attached hydrogen (secondary N) is 2. The van der Waals surface area contributed by atoms with Gasteiger partial charge in [0.25, 0.3) is 5.91 Å². The minimum Gasteiger partial charge on any atom is -0.364 e. The zero-order valence-corrected chi connectivity index (χ0v) is 14.5. The van der Waals surface area contributed by atoms with Crippen molar-refractivity contribution in [3.8, 4) is 0 Å². The van der Waals surface area contributed by atoms with Crippen LogP contribution in [0.4, 0.5) is 11.4 Å². The first-order valence-corrected chi connectivity index (χ1v) is 9.23. The molecule has 2 amide bonds. The van der Waals surface area contributed by atoms with Crippen molar-refractivity contribution in [1.82, 2.24) is 0 Å². The summed E-state index contributed by atoms with van der Waals surface area (Å²) in [6.45, 7) is 0.437. The summed E-state index contributed by atoms with van der Waals surface area (Å²) in [5.41, 5.74) is 6.95. The van der Waals surface area contributed by atoms with Crippen LogP contribution in [-0.4, -0.2) is 30.6 Å². The fraction of sp³-hybridized carbons (Fsp3) is 0.579. The third-order valence-electron chi connectivity index (χ3n) is 5.04. The highest BCUT2D eigenvalue weighted by Gasteiger charge is 2.29. The Morgan fingerprint density at radius 3 is 2.32 bits per heavy atom. The molecule has 0 radical (unpaired) electrons. The molecule has 1 saturated carbocycles. The number of hydrogen-bond acceptors (Lipinski definition) is 4. The molecule has 1 heterocycles. The van der Waals surface area contributed by atoms with E-state index < -0.39 is 6.10 Å². The minimum absolute atomic E-state index is 0.0307. The molecular formula is C19H27N3O3. The predicted octanol–water partition coefficient (Wildman–Crippen LogP) is 2.65. The van der Waals surface area contributed by atoms with Gasteiger partial charge in [0.2, 0.25) is 5.91 Å². The molecule has 0 aromatic heterocycles.